The van der Waals surface area contributed by atoms with Gasteiger partial charge < -0.3 is 4.74 Å². The van der Waals surface area contributed by atoms with Crippen LogP contribution in [0.4, 0.5) is 4.39 Å². The van der Waals surface area contributed by atoms with Gasteiger partial charge in [0, 0.05) is 4.90 Å². The van der Waals surface area contributed by atoms with E-state index in [0.717, 1.165) is 0 Å². The first-order valence-electron chi connectivity index (χ1n) is 3.91. The summed E-state index contributed by atoms with van der Waals surface area (Å²) in [7, 11) is 0. The first kappa shape index (κ1) is 11.3. The van der Waals surface area contributed by atoms with Crippen LogP contribution in [0.5, 0.6) is 0 Å². The van der Waals surface area contributed by atoms with Crippen LogP contribution in [-0.2, 0) is 4.74 Å². The van der Waals surface area contributed by atoms with Crippen molar-refractivity contribution < 1.29 is 13.9 Å². The summed E-state index contributed by atoms with van der Waals surface area (Å²) in [5.74, 6) is -1.51. The third-order valence-corrected chi connectivity index (χ3v) is 2.04. The normalized spacial score (nSPS) is 10.0. The first-order chi connectivity index (χ1) is 6.56. The lowest BCUT2D eigenvalue weighted by molar-refractivity contribution is 0.0520. The van der Waals surface area contributed by atoms with E-state index in [1.165, 1.54) is 12.1 Å². The standard InChI is InChI=1S/C9H8ClFO2S/c1-2-13-9(12)6-3-5(14)4-7(10)8(6)11/h3-4,14H,2H2,1H3. The van der Waals surface area contributed by atoms with E-state index in [9.17, 15) is 9.18 Å². The molecular weight excluding hydrogens is 227 g/mol. The van der Waals surface area contributed by atoms with Crippen LogP contribution >= 0.6 is 24.2 Å². The second-order valence-electron chi connectivity index (χ2n) is 2.51. The highest BCUT2D eigenvalue weighted by Gasteiger charge is 2.16. The Balaban J connectivity index is 3.13. The molecule has 0 saturated carbocycles. The van der Waals surface area contributed by atoms with E-state index in [0.29, 0.717) is 4.90 Å². The molecule has 0 aromatic heterocycles. The third-order valence-electron chi connectivity index (χ3n) is 1.51. The largest absolute Gasteiger partial charge is 0.462 e. The van der Waals surface area contributed by atoms with Crippen molar-refractivity contribution in [2.75, 3.05) is 6.61 Å². The zero-order chi connectivity index (χ0) is 10.7. The quantitative estimate of drug-likeness (QED) is 0.629. The number of halogens is 2. The Morgan fingerprint density at radius 1 is 1.64 bits per heavy atom. The Morgan fingerprint density at radius 2 is 2.29 bits per heavy atom. The maximum absolute atomic E-state index is 13.3. The molecule has 0 heterocycles. The van der Waals surface area contributed by atoms with E-state index in [4.69, 9.17) is 11.6 Å². The Kier molecular flexibility index (Phi) is 3.77. The minimum atomic E-state index is -0.775. The molecule has 0 atom stereocenters. The van der Waals surface area contributed by atoms with E-state index < -0.39 is 11.8 Å². The molecule has 0 aliphatic carbocycles. The smallest absolute Gasteiger partial charge is 0.341 e. The van der Waals surface area contributed by atoms with E-state index in [1.54, 1.807) is 6.92 Å². The molecular formula is C9H8ClFO2S. The predicted octanol–water partition coefficient (Wildman–Crippen LogP) is 2.94. The number of esters is 1. The van der Waals surface area contributed by atoms with Gasteiger partial charge in [-0.2, -0.15) is 0 Å². The summed E-state index contributed by atoms with van der Waals surface area (Å²) in [6, 6.07) is 2.60. The highest BCUT2D eigenvalue weighted by molar-refractivity contribution is 7.80. The average Bonchev–Trinajstić information content (AvgIpc) is 2.11. The van der Waals surface area contributed by atoms with Gasteiger partial charge in [0.2, 0.25) is 0 Å². The van der Waals surface area contributed by atoms with Gasteiger partial charge in [-0.3, -0.25) is 0 Å². The molecule has 14 heavy (non-hydrogen) atoms. The fraction of sp³-hybridized carbons (Fsp3) is 0.222. The minimum absolute atomic E-state index is 0.138. The van der Waals surface area contributed by atoms with Gasteiger partial charge in [0.15, 0.2) is 5.82 Å². The van der Waals surface area contributed by atoms with Gasteiger partial charge in [-0.05, 0) is 19.1 Å². The molecule has 0 unspecified atom stereocenters. The number of carbonyl (C=O) groups excluding carboxylic acids is 1. The molecule has 0 spiro atoms. The Hall–Kier alpha value is -0.740. The molecule has 0 N–H and O–H groups in total. The number of carbonyl (C=O) groups is 1. The number of hydrogen-bond acceptors (Lipinski definition) is 3. The fourth-order valence-corrected chi connectivity index (χ4v) is 1.49. The Labute approximate surface area is 91.4 Å². The number of rotatable bonds is 2. The molecule has 0 aliphatic heterocycles. The van der Waals surface area contributed by atoms with Gasteiger partial charge in [-0.1, -0.05) is 11.6 Å². The predicted molar refractivity (Wildman–Crippen MR) is 54.6 cm³/mol. The third kappa shape index (κ3) is 2.39. The Morgan fingerprint density at radius 3 is 2.86 bits per heavy atom. The van der Waals surface area contributed by atoms with Crippen molar-refractivity contribution in [2.24, 2.45) is 0 Å². The molecule has 1 rings (SSSR count). The first-order valence-corrected chi connectivity index (χ1v) is 4.74. The summed E-state index contributed by atoms with van der Waals surface area (Å²) in [5.41, 5.74) is -0.190. The van der Waals surface area contributed by atoms with Gasteiger partial charge in [0.25, 0.3) is 0 Å². The molecule has 0 radical (unpaired) electrons. The van der Waals surface area contributed by atoms with Gasteiger partial charge in [0.05, 0.1) is 17.2 Å². The van der Waals surface area contributed by atoms with Crippen LogP contribution in [0.25, 0.3) is 0 Å². The lowest BCUT2D eigenvalue weighted by Gasteiger charge is -2.05. The SMILES string of the molecule is CCOC(=O)c1cc(S)cc(Cl)c1F. The summed E-state index contributed by atoms with van der Waals surface area (Å²) in [4.78, 5) is 11.6. The Bertz CT molecular complexity index is 368. The molecule has 0 bridgehead atoms. The molecule has 1 aromatic rings. The van der Waals surface area contributed by atoms with Gasteiger partial charge in [-0.25, -0.2) is 9.18 Å². The maximum Gasteiger partial charge on any atom is 0.341 e. The zero-order valence-corrected chi connectivity index (χ0v) is 9.03. The molecule has 1 aromatic carbocycles. The zero-order valence-electron chi connectivity index (χ0n) is 7.38. The summed E-state index contributed by atoms with van der Waals surface area (Å²) < 4.78 is 17.9. The molecule has 76 valence electrons. The van der Waals surface area contributed by atoms with Crippen LogP contribution in [0.1, 0.15) is 17.3 Å². The van der Waals surface area contributed by atoms with Crippen molar-refractivity contribution in [3.63, 3.8) is 0 Å². The summed E-state index contributed by atoms with van der Waals surface area (Å²) in [6.45, 7) is 1.83. The highest BCUT2D eigenvalue weighted by atomic mass is 35.5. The minimum Gasteiger partial charge on any atom is -0.462 e. The highest BCUT2D eigenvalue weighted by Crippen LogP contribution is 2.23. The van der Waals surface area contributed by atoms with Crippen molar-refractivity contribution in [1.29, 1.82) is 0 Å². The topological polar surface area (TPSA) is 26.3 Å². The van der Waals surface area contributed by atoms with Crippen molar-refractivity contribution >= 4 is 30.2 Å². The van der Waals surface area contributed by atoms with Crippen LogP contribution in [0.15, 0.2) is 17.0 Å². The van der Waals surface area contributed by atoms with Crippen LogP contribution in [0, 0.1) is 5.82 Å². The maximum atomic E-state index is 13.3. The second-order valence-corrected chi connectivity index (χ2v) is 3.43. The van der Waals surface area contributed by atoms with Crippen molar-refractivity contribution in [3.8, 4) is 0 Å². The van der Waals surface area contributed by atoms with Crippen molar-refractivity contribution in [2.45, 2.75) is 11.8 Å². The van der Waals surface area contributed by atoms with Gasteiger partial charge in [0.1, 0.15) is 0 Å². The van der Waals surface area contributed by atoms with Gasteiger partial charge in [-0.15, -0.1) is 12.6 Å². The molecule has 0 fully saturated rings. The van der Waals surface area contributed by atoms with Crippen molar-refractivity contribution in [1.82, 2.24) is 0 Å². The van der Waals surface area contributed by atoms with E-state index >= 15 is 0 Å². The number of benzene rings is 1. The number of ether oxygens (including phenoxy) is 1. The van der Waals surface area contributed by atoms with Crippen molar-refractivity contribution in [3.05, 3.63) is 28.5 Å². The second kappa shape index (κ2) is 4.66. The van der Waals surface area contributed by atoms with E-state index in [1.807, 2.05) is 0 Å². The molecule has 0 aliphatic rings. The monoisotopic (exact) mass is 234 g/mol. The lowest BCUT2D eigenvalue weighted by atomic mass is 10.2. The van der Waals surface area contributed by atoms with E-state index in [2.05, 4.69) is 17.4 Å². The summed E-state index contributed by atoms with van der Waals surface area (Å²) >= 11 is 9.51. The number of hydrogen-bond donors (Lipinski definition) is 1. The summed E-state index contributed by atoms with van der Waals surface area (Å²) in [5, 5.41) is -0.138. The fourth-order valence-electron chi connectivity index (χ4n) is 0.932. The molecule has 0 amide bonds. The number of thiol groups is 1. The molecule has 5 heteroatoms. The van der Waals surface area contributed by atoms with Gasteiger partial charge >= 0.3 is 5.97 Å². The van der Waals surface area contributed by atoms with E-state index in [-0.39, 0.29) is 17.2 Å². The average molecular weight is 235 g/mol. The van der Waals surface area contributed by atoms with Crippen LogP contribution in [-0.4, -0.2) is 12.6 Å². The molecule has 0 saturated heterocycles. The van der Waals surface area contributed by atoms with Crippen LogP contribution < -0.4 is 0 Å². The van der Waals surface area contributed by atoms with Crippen LogP contribution in [0.2, 0.25) is 5.02 Å². The summed E-state index contributed by atoms with van der Waals surface area (Å²) in [6.07, 6.45) is 0. The van der Waals surface area contributed by atoms with Crippen LogP contribution in [0.3, 0.4) is 0 Å². The lowest BCUT2D eigenvalue weighted by Crippen LogP contribution is -2.07. The molecule has 2 nitrogen and oxygen atoms in total.